The van der Waals surface area contributed by atoms with Gasteiger partial charge in [-0.15, -0.1) is 0 Å². The molecule has 0 aliphatic carbocycles. The lowest BCUT2D eigenvalue weighted by Crippen LogP contribution is -2.35. The van der Waals surface area contributed by atoms with E-state index in [4.69, 9.17) is 21.4 Å². The van der Waals surface area contributed by atoms with E-state index < -0.39 is 0 Å². The molecule has 4 rings (SSSR count). The van der Waals surface area contributed by atoms with Crippen molar-refractivity contribution < 1.29 is 18.7 Å². The molecule has 0 aliphatic rings. The zero-order chi connectivity index (χ0) is 25.2. The second kappa shape index (κ2) is 12.3. The van der Waals surface area contributed by atoms with E-state index in [1.807, 2.05) is 30.3 Å². The molecule has 3 N–H and O–H groups in total. The van der Waals surface area contributed by atoms with Crippen LogP contribution in [-0.4, -0.2) is 23.5 Å². The van der Waals surface area contributed by atoms with Gasteiger partial charge in [-0.3, -0.25) is 14.9 Å². The van der Waals surface area contributed by atoms with E-state index >= 15 is 0 Å². The first kappa shape index (κ1) is 24.7. The number of ether oxygens (including phenoxy) is 1. The van der Waals surface area contributed by atoms with Gasteiger partial charge in [0.15, 0.2) is 5.11 Å². The molecule has 0 atom stereocenters. The summed E-state index contributed by atoms with van der Waals surface area (Å²) in [6.07, 6.45) is 2.31. The number of carbonyl (C=O) groups excluding carboxylic acids is 2. The van der Waals surface area contributed by atoms with Gasteiger partial charge in [-0.2, -0.15) is 0 Å². The quantitative estimate of drug-likeness (QED) is 0.282. The number of anilines is 1. The van der Waals surface area contributed by atoms with Gasteiger partial charge in [-0.25, -0.2) is 0 Å². The van der Waals surface area contributed by atoms with Gasteiger partial charge < -0.3 is 19.8 Å². The van der Waals surface area contributed by atoms with Crippen LogP contribution in [0.25, 0.3) is 0 Å². The van der Waals surface area contributed by atoms with Gasteiger partial charge in [0.25, 0.3) is 11.8 Å². The van der Waals surface area contributed by atoms with Crippen molar-refractivity contribution in [1.82, 2.24) is 10.6 Å². The Bertz CT molecular complexity index is 1320. The number of rotatable bonds is 9. The average Bonchev–Trinajstić information content (AvgIpc) is 3.42. The predicted molar refractivity (Wildman–Crippen MR) is 142 cm³/mol. The summed E-state index contributed by atoms with van der Waals surface area (Å²) in [5.74, 6) is 0.545. The van der Waals surface area contributed by atoms with Crippen molar-refractivity contribution in [2.24, 2.45) is 0 Å². The Morgan fingerprint density at radius 3 is 2.47 bits per heavy atom. The number of hydrogen-bond donors (Lipinski definition) is 3. The predicted octanol–water partition coefficient (Wildman–Crippen LogP) is 4.96. The van der Waals surface area contributed by atoms with E-state index in [0.717, 1.165) is 6.42 Å². The van der Waals surface area contributed by atoms with E-state index in [0.29, 0.717) is 34.9 Å². The van der Waals surface area contributed by atoms with Crippen LogP contribution < -0.4 is 20.7 Å². The Hall–Kier alpha value is -4.43. The van der Waals surface area contributed by atoms with Crippen LogP contribution in [0.2, 0.25) is 0 Å². The minimum Gasteiger partial charge on any atom is -0.493 e. The fourth-order valence-electron chi connectivity index (χ4n) is 3.45. The molecule has 8 heteroatoms. The summed E-state index contributed by atoms with van der Waals surface area (Å²) in [5, 5.41) is 8.46. The minimum absolute atomic E-state index is 0.0710. The molecular formula is C28H25N3O4S. The van der Waals surface area contributed by atoms with Crippen molar-refractivity contribution in [3.8, 4) is 5.75 Å². The lowest BCUT2D eigenvalue weighted by Gasteiger charge is -2.14. The highest BCUT2D eigenvalue weighted by Gasteiger charge is 2.14. The van der Waals surface area contributed by atoms with Crippen LogP contribution in [-0.2, 0) is 13.0 Å². The maximum atomic E-state index is 12.8. The minimum atomic E-state index is -0.388. The van der Waals surface area contributed by atoms with Crippen LogP contribution in [0.1, 0.15) is 32.0 Å². The first-order valence-electron chi connectivity index (χ1n) is 11.4. The van der Waals surface area contributed by atoms with Crippen molar-refractivity contribution in [3.63, 3.8) is 0 Å². The first-order valence-corrected chi connectivity index (χ1v) is 11.8. The monoisotopic (exact) mass is 499 g/mol. The number of nitrogens with one attached hydrogen (secondary N) is 3. The van der Waals surface area contributed by atoms with E-state index in [-0.39, 0.29) is 23.5 Å². The molecule has 7 nitrogen and oxygen atoms in total. The summed E-state index contributed by atoms with van der Waals surface area (Å²) in [4.78, 5) is 25.4. The van der Waals surface area contributed by atoms with Crippen molar-refractivity contribution in [2.45, 2.75) is 13.0 Å². The fraction of sp³-hybridized carbons (Fsp3) is 0.107. The second-order valence-electron chi connectivity index (χ2n) is 7.83. The van der Waals surface area contributed by atoms with E-state index in [1.165, 1.54) is 5.56 Å². The standard InChI is InChI=1S/C28H25N3O4S/c32-26(21-10-6-11-22(18-21)35-17-15-20-8-2-1-3-9-20)31-28(36)30-25-14-5-4-13-24(25)27(33)29-19-23-12-7-16-34-23/h1-14,16,18H,15,17,19H2,(H,29,33)(H2,30,31,32,36). The Morgan fingerprint density at radius 2 is 1.67 bits per heavy atom. The molecule has 0 saturated carbocycles. The van der Waals surface area contributed by atoms with Crippen LogP contribution in [0.3, 0.4) is 0 Å². The van der Waals surface area contributed by atoms with E-state index in [9.17, 15) is 9.59 Å². The summed E-state index contributed by atoms with van der Waals surface area (Å²) >= 11 is 5.32. The van der Waals surface area contributed by atoms with Gasteiger partial charge in [0.05, 0.1) is 30.7 Å². The van der Waals surface area contributed by atoms with Crippen LogP contribution in [0.5, 0.6) is 5.75 Å². The van der Waals surface area contributed by atoms with Gasteiger partial charge in [-0.1, -0.05) is 48.5 Å². The average molecular weight is 500 g/mol. The van der Waals surface area contributed by atoms with E-state index in [1.54, 1.807) is 66.9 Å². The molecule has 0 spiro atoms. The van der Waals surface area contributed by atoms with Gasteiger partial charge in [-0.05, 0) is 60.2 Å². The summed E-state index contributed by atoms with van der Waals surface area (Å²) in [6.45, 7) is 0.749. The summed E-state index contributed by atoms with van der Waals surface area (Å²) in [5.41, 5.74) is 2.44. The van der Waals surface area contributed by atoms with Gasteiger partial charge >= 0.3 is 0 Å². The third-order valence-corrected chi connectivity index (χ3v) is 5.45. The normalized spacial score (nSPS) is 10.3. The molecule has 0 bridgehead atoms. The molecule has 0 radical (unpaired) electrons. The Morgan fingerprint density at radius 1 is 0.861 bits per heavy atom. The van der Waals surface area contributed by atoms with Crippen molar-refractivity contribution in [3.05, 3.63) is 120 Å². The molecule has 0 saturated heterocycles. The molecule has 3 aromatic carbocycles. The maximum absolute atomic E-state index is 12.8. The third-order valence-electron chi connectivity index (χ3n) is 5.25. The SMILES string of the molecule is O=C(NC(=S)Nc1ccccc1C(=O)NCc1ccco1)c1cccc(OCCc2ccccc2)c1. The summed E-state index contributed by atoms with van der Waals surface area (Å²) in [7, 11) is 0. The molecule has 1 aromatic heterocycles. The zero-order valence-corrected chi connectivity index (χ0v) is 20.2. The smallest absolute Gasteiger partial charge is 0.257 e. The topological polar surface area (TPSA) is 92.6 Å². The highest BCUT2D eigenvalue weighted by molar-refractivity contribution is 7.80. The molecule has 182 valence electrons. The Labute approximate surface area is 214 Å². The molecule has 2 amide bonds. The van der Waals surface area contributed by atoms with Crippen LogP contribution in [0.15, 0.2) is 102 Å². The summed E-state index contributed by atoms with van der Waals surface area (Å²) in [6, 6.07) is 27.4. The van der Waals surface area contributed by atoms with E-state index in [2.05, 4.69) is 16.0 Å². The lowest BCUT2D eigenvalue weighted by atomic mass is 10.1. The van der Waals surface area contributed by atoms with Gasteiger partial charge in [0.2, 0.25) is 0 Å². The first-order chi connectivity index (χ1) is 17.6. The molecular weight excluding hydrogens is 474 g/mol. The lowest BCUT2D eigenvalue weighted by molar-refractivity contribution is 0.0947. The number of thiocarbonyl (C=S) groups is 1. The number of benzene rings is 3. The highest BCUT2D eigenvalue weighted by atomic mass is 32.1. The molecule has 1 heterocycles. The van der Waals surface area contributed by atoms with Crippen molar-refractivity contribution >= 4 is 34.8 Å². The molecule has 36 heavy (non-hydrogen) atoms. The summed E-state index contributed by atoms with van der Waals surface area (Å²) < 4.78 is 11.1. The van der Waals surface area contributed by atoms with Crippen molar-refractivity contribution in [1.29, 1.82) is 0 Å². The highest BCUT2D eigenvalue weighted by Crippen LogP contribution is 2.17. The zero-order valence-electron chi connectivity index (χ0n) is 19.4. The van der Waals surface area contributed by atoms with Crippen LogP contribution in [0.4, 0.5) is 5.69 Å². The van der Waals surface area contributed by atoms with Gasteiger partial charge in [0.1, 0.15) is 11.5 Å². The maximum Gasteiger partial charge on any atom is 0.257 e. The second-order valence-corrected chi connectivity index (χ2v) is 8.24. The number of furan rings is 1. The van der Waals surface area contributed by atoms with Crippen LogP contribution in [0, 0.1) is 0 Å². The third kappa shape index (κ3) is 7.04. The number of hydrogen-bond acceptors (Lipinski definition) is 5. The van der Waals surface area contributed by atoms with Crippen molar-refractivity contribution in [2.75, 3.05) is 11.9 Å². The Balaban J connectivity index is 1.31. The van der Waals surface area contributed by atoms with Gasteiger partial charge in [0, 0.05) is 12.0 Å². The molecule has 0 unspecified atom stereocenters. The largest absolute Gasteiger partial charge is 0.493 e. The number of para-hydroxylation sites is 1. The Kier molecular flexibility index (Phi) is 8.45. The molecule has 4 aromatic rings. The molecule has 0 fully saturated rings. The van der Waals surface area contributed by atoms with Crippen LogP contribution >= 0.6 is 12.2 Å². The fourth-order valence-corrected chi connectivity index (χ4v) is 3.66. The molecule has 0 aliphatic heterocycles. The number of carbonyl (C=O) groups is 2. The number of amides is 2.